The number of hydrogen-bond donors (Lipinski definition) is 0. The molecule has 33 heavy (non-hydrogen) atoms. The molecule has 2 aromatic carbocycles. The molecular weight excluding hydrogens is 408 g/mol. The van der Waals surface area contributed by atoms with Crippen LogP contribution in [0.15, 0.2) is 77.2 Å². The van der Waals surface area contributed by atoms with Crippen molar-refractivity contribution in [1.82, 2.24) is 19.5 Å². The first-order chi connectivity index (χ1) is 15.9. The van der Waals surface area contributed by atoms with Crippen LogP contribution in [0.4, 0.5) is 0 Å². The van der Waals surface area contributed by atoms with Gasteiger partial charge in [0.25, 0.3) is 0 Å². The summed E-state index contributed by atoms with van der Waals surface area (Å²) in [6, 6.07) is 24.7. The van der Waals surface area contributed by atoms with E-state index in [1.165, 1.54) is 0 Å². The van der Waals surface area contributed by atoms with Crippen molar-refractivity contribution in [3.63, 3.8) is 0 Å². The van der Waals surface area contributed by atoms with Gasteiger partial charge in [-0.3, -0.25) is 4.57 Å². The van der Waals surface area contributed by atoms with Crippen LogP contribution in [0.2, 0.25) is 0 Å². The molecule has 4 aromatic heterocycles. The number of aryl methyl sites for hydroxylation is 1. The van der Waals surface area contributed by atoms with Gasteiger partial charge in [-0.25, -0.2) is 15.0 Å². The van der Waals surface area contributed by atoms with E-state index < -0.39 is 0 Å². The number of para-hydroxylation sites is 2. The van der Waals surface area contributed by atoms with Crippen LogP contribution in [0.3, 0.4) is 0 Å². The van der Waals surface area contributed by atoms with E-state index >= 15 is 0 Å². The van der Waals surface area contributed by atoms with Crippen molar-refractivity contribution in [1.29, 1.82) is 0 Å². The van der Waals surface area contributed by atoms with Crippen LogP contribution < -0.4 is 0 Å². The highest BCUT2D eigenvalue weighted by atomic mass is 16.3. The van der Waals surface area contributed by atoms with Gasteiger partial charge in [-0.15, -0.1) is 0 Å². The second-order valence-corrected chi connectivity index (χ2v) is 9.49. The van der Waals surface area contributed by atoms with Crippen LogP contribution in [-0.4, -0.2) is 19.5 Å². The van der Waals surface area contributed by atoms with Crippen molar-refractivity contribution in [2.24, 2.45) is 0 Å². The molecule has 0 aliphatic carbocycles. The molecule has 0 aliphatic heterocycles. The number of nitrogens with zero attached hydrogens (tertiary/aromatic N) is 4. The molecule has 0 amide bonds. The number of fused-ring (bicyclic) bond motifs is 4. The number of furan rings is 1. The lowest BCUT2D eigenvalue weighted by atomic mass is 9.92. The Kier molecular flexibility index (Phi) is 4.18. The number of pyridine rings is 2. The van der Waals surface area contributed by atoms with E-state index in [1.807, 2.05) is 31.2 Å². The van der Waals surface area contributed by atoms with Crippen LogP contribution in [0.1, 0.15) is 32.2 Å². The third-order valence-corrected chi connectivity index (χ3v) is 6.03. The second kappa shape index (κ2) is 7.01. The molecule has 162 valence electrons. The van der Waals surface area contributed by atoms with Crippen molar-refractivity contribution in [2.75, 3.05) is 0 Å². The van der Waals surface area contributed by atoms with Crippen LogP contribution >= 0.6 is 0 Å². The quantitative estimate of drug-likeness (QED) is 0.296. The van der Waals surface area contributed by atoms with Gasteiger partial charge in [-0.2, -0.15) is 0 Å². The summed E-state index contributed by atoms with van der Waals surface area (Å²) in [6.07, 6.45) is 0. The van der Waals surface area contributed by atoms with Gasteiger partial charge in [0, 0.05) is 33.3 Å². The fourth-order valence-electron chi connectivity index (χ4n) is 4.32. The Hall–Kier alpha value is -3.99. The zero-order chi connectivity index (χ0) is 22.7. The summed E-state index contributed by atoms with van der Waals surface area (Å²) in [5.41, 5.74) is 6.94. The highest BCUT2D eigenvalue weighted by Gasteiger charge is 2.23. The Morgan fingerprint density at radius 1 is 0.758 bits per heavy atom. The summed E-state index contributed by atoms with van der Waals surface area (Å²) in [6.45, 7) is 8.50. The highest BCUT2D eigenvalue weighted by Crippen LogP contribution is 2.37. The standard InChI is InChI=1S/C28H24N4O/c1-17-13-14-20-19-11-8-12-21(24(19)33-27(20)29-17)25-30-22-15-16-23(28(2,3)4)31-26(22)32(25)18-9-6-5-7-10-18/h5-16H,1-4H3. The van der Waals surface area contributed by atoms with Gasteiger partial charge in [0.15, 0.2) is 11.5 Å². The third kappa shape index (κ3) is 3.11. The molecule has 0 radical (unpaired) electrons. The molecular formula is C28H24N4O. The molecule has 5 heteroatoms. The summed E-state index contributed by atoms with van der Waals surface area (Å²) in [5.74, 6) is 0.802. The van der Waals surface area contributed by atoms with E-state index in [0.29, 0.717) is 5.71 Å². The van der Waals surface area contributed by atoms with E-state index in [-0.39, 0.29) is 5.41 Å². The van der Waals surface area contributed by atoms with Crippen molar-refractivity contribution in [3.8, 4) is 17.1 Å². The fourth-order valence-corrected chi connectivity index (χ4v) is 4.32. The lowest BCUT2D eigenvalue weighted by molar-refractivity contribution is 0.571. The van der Waals surface area contributed by atoms with Gasteiger partial charge in [0.1, 0.15) is 11.1 Å². The summed E-state index contributed by atoms with van der Waals surface area (Å²) < 4.78 is 8.43. The van der Waals surface area contributed by atoms with Crippen LogP contribution in [0.5, 0.6) is 0 Å². The smallest absolute Gasteiger partial charge is 0.227 e. The van der Waals surface area contributed by atoms with E-state index in [0.717, 1.165) is 56.0 Å². The molecule has 5 nitrogen and oxygen atoms in total. The van der Waals surface area contributed by atoms with Gasteiger partial charge in [0.05, 0.1) is 5.56 Å². The second-order valence-electron chi connectivity index (χ2n) is 9.49. The number of benzene rings is 2. The number of hydrogen-bond acceptors (Lipinski definition) is 4. The number of imidazole rings is 1. The Labute approximate surface area is 191 Å². The van der Waals surface area contributed by atoms with E-state index in [1.54, 1.807) is 0 Å². The van der Waals surface area contributed by atoms with Gasteiger partial charge >= 0.3 is 0 Å². The summed E-state index contributed by atoms with van der Waals surface area (Å²) in [5, 5.41) is 2.04. The van der Waals surface area contributed by atoms with Crippen LogP contribution in [0.25, 0.3) is 50.3 Å². The maximum atomic E-state index is 6.30. The van der Waals surface area contributed by atoms with Crippen molar-refractivity contribution >= 4 is 33.2 Å². The Bertz CT molecular complexity index is 1650. The van der Waals surface area contributed by atoms with Crippen molar-refractivity contribution in [2.45, 2.75) is 33.1 Å². The van der Waals surface area contributed by atoms with Gasteiger partial charge in [-0.05, 0) is 49.4 Å². The molecule has 0 aliphatic rings. The van der Waals surface area contributed by atoms with Crippen molar-refractivity contribution in [3.05, 3.63) is 84.2 Å². The topological polar surface area (TPSA) is 56.7 Å². The van der Waals surface area contributed by atoms with Gasteiger partial charge < -0.3 is 4.42 Å². The lowest BCUT2D eigenvalue weighted by Gasteiger charge is -2.17. The fraction of sp³-hybridized carbons (Fsp3) is 0.179. The van der Waals surface area contributed by atoms with E-state index in [4.69, 9.17) is 14.4 Å². The largest absolute Gasteiger partial charge is 0.437 e. The number of aromatic nitrogens is 4. The number of rotatable bonds is 2. The summed E-state index contributed by atoms with van der Waals surface area (Å²) in [7, 11) is 0. The Morgan fingerprint density at radius 2 is 1.58 bits per heavy atom. The minimum Gasteiger partial charge on any atom is -0.437 e. The molecule has 6 rings (SSSR count). The predicted octanol–water partition coefficient (Wildman–Crippen LogP) is 6.99. The van der Waals surface area contributed by atoms with Crippen LogP contribution in [0, 0.1) is 6.92 Å². The Balaban J connectivity index is 1.71. The molecule has 0 unspecified atom stereocenters. The third-order valence-electron chi connectivity index (χ3n) is 6.03. The molecule has 0 spiro atoms. The predicted molar refractivity (Wildman–Crippen MR) is 133 cm³/mol. The first-order valence-electron chi connectivity index (χ1n) is 11.1. The highest BCUT2D eigenvalue weighted by molar-refractivity contribution is 6.08. The first-order valence-corrected chi connectivity index (χ1v) is 11.1. The zero-order valence-corrected chi connectivity index (χ0v) is 19.1. The molecule has 6 aromatic rings. The molecule has 0 bridgehead atoms. The maximum Gasteiger partial charge on any atom is 0.227 e. The van der Waals surface area contributed by atoms with Gasteiger partial charge in [0.2, 0.25) is 5.71 Å². The summed E-state index contributed by atoms with van der Waals surface area (Å²) >= 11 is 0. The molecule has 4 heterocycles. The normalized spacial score (nSPS) is 12.2. The SMILES string of the molecule is Cc1ccc2c(n1)oc1c(-c3nc4ccc(C(C)(C)C)nc4n3-c3ccccc3)cccc12. The molecule has 0 saturated heterocycles. The van der Waals surface area contributed by atoms with E-state index in [9.17, 15) is 0 Å². The molecule has 0 N–H and O–H groups in total. The molecule has 0 atom stereocenters. The molecule has 0 saturated carbocycles. The lowest BCUT2D eigenvalue weighted by Crippen LogP contribution is -2.13. The maximum absolute atomic E-state index is 6.30. The van der Waals surface area contributed by atoms with Crippen LogP contribution in [-0.2, 0) is 5.41 Å². The molecule has 0 fully saturated rings. The summed E-state index contributed by atoms with van der Waals surface area (Å²) in [4.78, 5) is 14.7. The Morgan fingerprint density at radius 3 is 2.36 bits per heavy atom. The monoisotopic (exact) mass is 432 g/mol. The van der Waals surface area contributed by atoms with Gasteiger partial charge in [-0.1, -0.05) is 51.1 Å². The van der Waals surface area contributed by atoms with E-state index in [2.05, 4.69) is 78.9 Å². The first kappa shape index (κ1) is 19.7. The minimum atomic E-state index is -0.0670. The zero-order valence-electron chi connectivity index (χ0n) is 19.1. The minimum absolute atomic E-state index is 0.0670. The van der Waals surface area contributed by atoms with Crippen molar-refractivity contribution < 1.29 is 4.42 Å². The average molecular weight is 433 g/mol. The average Bonchev–Trinajstić information content (AvgIpc) is 3.36.